The van der Waals surface area contributed by atoms with Crippen molar-refractivity contribution in [2.24, 2.45) is 11.8 Å². The van der Waals surface area contributed by atoms with E-state index in [2.05, 4.69) is 46.9 Å². The largest absolute Gasteiger partial charge is 0.413 e. The van der Waals surface area contributed by atoms with E-state index in [0.717, 1.165) is 6.42 Å². The summed E-state index contributed by atoms with van der Waals surface area (Å²) in [5.74, 6) is -0.0699. The van der Waals surface area contributed by atoms with Crippen LogP contribution < -0.4 is 0 Å². The first-order valence-corrected chi connectivity index (χ1v) is 12.1. The predicted molar refractivity (Wildman–Crippen MR) is 109 cm³/mol. The Bertz CT molecular complexity index is 466. The van der Waals surface area contributed by atoms with Crippen molar-refractivity contribution in [2.45, 2.75) is 72.2 Å². The zero-order valence-electron chi connectivity index (χ0n) is 17.9. The van der Waals surface area contributed by atoms with E-state index in [0.29, 0.717) is 0 Å². The highest BCUT2D eigenvalue weighted by molar-refractivity contribution is 6.74. The van der Waals surface area contributed by atoms with E-state index in [1.54, 1.807) is 7.05 Å². The molecule has 3 unspecified atom stereocenters. The summed E-state index contributed by atoms with van der Waals surface area (Å²) in [5.41, 5.74) is 0. The van der Waals surface area contributed by atoms with Crippen LogP contribution in [0.3, 0.4) is 0 Å². The van der Waals surface area contributed by atoms with Gasteiger partial charge >= 0.3 is 0 Å². The molecule has 1 amide bonds. The van der Waals surface area contributed by atoms with E-state index in [9.17, 15) is 4.79 Å². The third-order valence-corrected chi connectivity index (χ3v) is 9.69. The number of hydrogen-bond donors (Lipinski definition) is 0. The van der Waals surface area contributed by atoms with Crippen LogP contribution in [-0.2, 0) is 14.1 Å². The quantitative estimate of drug-likeness (QED) is 0.319. The zero-order chi connectivity index (χ0) is 19.8. The van der Waals surface area contributed by atoms with Gasteiger partial charge in [-0.3, -0.25) is 9.63 Å². The number of rotatable bonds is 9. The highest BCUT2D eigenvalue weighted by atomic mass is 28.4. The van der Waals surface area contributed by atoms with Crippen molar-refractivity contribution in [3.05, 3.63) is 24.3 Å². The fourth-order valence-electron chi connectivity index (χ4n) is 2.36. The molecule has 0 aliphatic rings. The highest BCUT2D eigenvalue weighted by Crippen LogP contribution is 2.39. The molecule has 0 saturated heterocycles. The van der Waals surface area contributed by atoms with Crippen molar-refractivity contribution < 1.29 is 14.1 Å². The van der Waals surface area contributed by atoms with E-state index in [-0.39, 0.29) is 28.9 Å². The van der Waals surface area contributed by atoms with Gasteiger partial charge in [-0.05, 0) is 37.4 Å². The normalized spacial score (nSPS) is 17.0. The molecule has 0 spiro atoms. The van der Waals surface area contributed by atoms with Gasteiger partial charge in [0.25, 0.3) is 5.91 Å². The van der Waals surface area contributed by atoms with Gasteiger partial charge in [0.2, 0.25) is 0 Å². The van der Waals surface area contributed by atoms with Gasteiger partial charge < -0.3 is 4.43 Å². The fourth-order valence-corrected chi connectivity index (χ4v) is 3.83. The van der Waals surface area contributed by atoms with Gasteiger partial charge in [-0.1, -0.05) is 58.9 Å². The van der Waals surface area contributed by atoms with Crippen LogP contribution >= 0.6 is 0 Å². The molecule has 0 aromatic carbocycles. The third kappa shape index (κ3) is 7.46. The first-order chi connectivity index (χ1) is 11.4. The Labute approximate surface area is 156 Å². The number of hydroxylamine groups is 2. The summed E-state index contributed by atoms with van der Waals surface area (Å²) >= 11 is 0. The van der Waals surface area contributed by atoms with Gasteiger partial charge in [-0.15, -0.1) is 0 Å². The molecule has 0 radical (unpaired) electrons. The summed E-state index contributed by atoms with van der Waals surface area (Å²) < 4.78 is 6.68. The van der Waals surface area contributed by atoms with Crippen LogP contribution in [0.25, 0.3) is 0 Å². The number of allylic oxidation sites excluding steroid dienone is 4. The lowest BCUT2D eigenvalue weighted by molar-refractivity contribution is -0.176. The SMILES string of the molecule is CC=CC=CCC(C)C(O[Si](C)(C)C(C)(C)C)C(C)C(=O)N(C)OC. The van der Waals surface area contributed by atoms with Gasteiger partial charge in [-0.25, -0.2) is 5.06 Å². The van der Waals surface area contributed by atoms with Gasteiger partial charge in [-0.2, -0.15) is 0 Å². The molecule has 0 aromatic rings. The average molecular weight is 370 g/mol. The molecule has 0 rings (SSSR count). The topological polar surface area (TPSA) is 38.8 Å². The monoisotopic (exact) mass is 369 g/mol. The van der Waals surface area contributed by atoms with Crippen molar-refractivity contribution in [1.82, 2.24) is 5.06 Å². The Morgan fingerprint density at radius 2 is 1.76 bits per heavy atom. The van der Waals surface area contributed by atoms with Crippen LogP contribution in [0.15, 0.2) is 24.3 Å². The molecule has 0 aromatic heterocycles. The molecule has 0 heterocycles. The Kier molecular flexibility index (Phi) is 9.91. The zero-order valence-corrected chi connectivity index (χ0v) is 18.9. The Hall–Kier alpha value is -0.913. The van der Waals surface area contributed by atoms with Crippen molar-refractivity contribution in [3.8, 4) is 0 Å². The smallest absolute Gasteiger partial charge is 0.251 e. The number of carbonyl (C=O) groups is 1. The Balaban J connectivity index is 5.46. The lowest BCUT2D eigenvalue weighted by atomic mass is 9.90. The molecule has 0 fully saturated rings. The minimum Gasteiger partial charge on any atom is -0.413 e. The molecule has 0 N–H and O–H groups in total. The highest BCUT2D eigenvalue weighted by Gasteiger charge is 2.42. The van der Waals surface area contributed by atoms with Gasteiger partial charge in [0.1, 0.15) is 0 Å². The minimum atomic E-state index is -1.99. The molecule has 0 bridgehead atoms. The first-order valence-electron chi connectivity index (χ1n) is 9.16. The van der Waals surface area contributed by atoms with Crippen molar-refractivity contribution in [3.63, 3.8) is 0 Å². The predicted octanol–water partition coefficient (Wildman–Crippen LogP) is 5.19. The van der Waals surface area contributed by atoms with Crippen molar-refractivity contribution in [1.29, 1.82) is 0 Å². The maximum atomic E-state index is 12.6. The number of nitrogens with zero attached hydrogens (tertiary/aromatic N) is 1. The molecule has 0 aliphatic carbocycles. The summed E-state index contributed by atoms with van der Waals surface area (Å²) in [5, 5.41) is 1.40. The molecule has 0 saturated carbocycles. The van der Waals surface area contributed by atoms with Crippen LogP contribution in [0.1, 0.15) is 48.0 Å². The molecule has 0 aliphatic heterocycles. The number of hydrogen-bond acceptors (Lipinski definition) is 3. The molecule has 5 heteroatoms. The summed E-state index contributed by atoms with van der Waals surface area (Å²) in [6.07, 6.45) is 8.95. The van der Waals surface area contributed by atoms with Crippen LogP contribution in [0, 0.1) is 11.8 Å². The average Bonchev–Trinajstić information content (AvgIpc) is 2.53. The Morgan fingerprint density at radius 1 is 1.20 bits per heavy atom. The van der Waals surface area contributed by atoms with Gasteiger partial charge in [0.15, 0.2) is 8.32 Å². The van der Waals surface area contributed by atoms with Crippen LogP contribution in [0.4, 0.5) is 0 Å². The van der Waals surface area contributed by atoms with E-state index in [1.165, 1.54) is 12.2 Å². The summed E-state index contributed by atoms with van der Waals surface area (Å²) in [4.78, 5) is 17.7. The second kappa shape index (κ2) is 10.3. The van der Waals surface area contributed by atoms with E-state index >= 15 is 0 Å². The molecular weight excluding hydrogens is 330 g/mol. The second-order valence-electron chi connectivity index (χ2n) is 8.32. The summed E-state index contributed by atoms with van der Waals surface area (Å²) in [6.45, 7) is 17.2. The molecular formula is C20H39NO3Si. The lowest BCUT2D eigenvalue weighted by Gasteiger charge is -2.42. The van der Waals surface area contributed by atoms with Crippen molar-refractivity contribution in [2.75, 3.05) is 14.2 Å². The standard InChI is InChI=1S/C20H39NO3Si/c1-11-12-13-14-15-16(2)18(17(3)19(22)21(7)23-8)24-25(9,10)20(4,5)6/h11-14,16-18H,15H2,1-10H3. The van der Waals surface area contributed by atoms with Gasteiger partial charge in [0.05, 0.1) is 19.1 Å². The number of carbonyl (C=O) groups excluding carboxylic acids is 1. The second-order valence-corrected chi connectivity index (χ2v) is 13.1. The molecule has 146 valence electrons. The number of amides is 1. The molecule has 25 heavy (non-hydrogen) atoms. The first kappa shape index (κ1) is 24.1. The van der Waals surface area contributed by atoms with Crippen molar-refractivity contribution >= 4 is 14.2 Å². The van der Waals surface area contributed by atoms with E-state index < -0.39 is 8.32 Å². The Morgan fingerprint density at radius 3 is 2.20 bits per heavy atom. The van der Waals surface area contributed by atoms with Crippen LogP contribution in [0.5, 0.6) is 0 Å². The summed E-state index contributed by atoms with van der Waals surface area (Å²) in [7, 11) is 1.17. The minimum absolute atomic E-state index is 0.0458. The fraction of sp³-hybridized carbons (Fsp3) is 0.750. The molecule has 3 atom stereocenters. The van der Waals surface area contributed by atoms with Crippen LogP contribution in [0.2, 0.25) is 18.1 Å². The maximum absolute atomic E-state index is 12.6. The van der Waals surface area contributed by atoms with E-state index in [4.69, 9.17) is 9.26 Å². The van der Waals surface area contributed by atoms with E-state index in [1.807, 2.05) is 32.1 Å². The summed E-state index contributed by atoms with van der Waals surface area (Å²) in [6, 6.07) is 0. The molecule has 4 nitrogen and oxygen atoms in total. The van der Waals surface area contributed by atoms with Crippen LogP contribution in [-0.4, -0.2) is 39.5 Å². The third-order valence-electron chi connectivity index (χ3n) is 5.21. The lowest BCUT2D eigenvalue weighted by Crippen LogP contribution is -2.50. The van der Waals surface area contributed by atoms with Gasteiger partial charge in [0, 0.05) is 7.05 Å². The maximum Gasteiger partial charge on any atom is 0.251 e.